The fourth-order valence-electron chi connectivity index (χ4n) is 5.76. The number of amides is 4. The molecule has 4 amide bonds. The Morgan fingerprint density at radius 3 is 2.38 bits per heavy atom. The molecule has 14 heteroatoms. The van der Waals surface area contributed by atoms with E-state index in [0.717, 1.165) is 23.8 Å². The molecule has 1 unspecified atom stereocenters. The van der Waals surface area contributed by atoms with Gasteiger partial charge in [0.05, 0.1) is 30.1 Å². The van der Waals surface area contributed by atoms with Gasteiger partial charge in [0.2, 0.25) is 0 Å². The SMILES string of the molecule is C#CCN1C(=O)COc2cc(F)c(N3C(=O)C4=C(CCCC4)C3=O)cc21.COCc1cnc(C2=NC(C)(C(C)C)C(=O)N2)c(C(=O)O)c1. The lowest BCUT2D eigenvalue weighted by Gasteiger charge is -2.29. The Bertz CT molecular complexity index is 1820. The van der Waals surface area contributed by atoms with Gasteiger partial charge in [-0.3, -0.25) is 29.1 Å². The van der Waals surface area contributed by atoms with Crippen molar-refractivity contribution < 1.29 is 42.9 Å². The zero-order chi connectivity index (χ0) is 34.9. The van der Waals surface area contributed by atoms with E-state index >= 15 is 0 Å². The predicted molar refractivity (Wildman–Crippen MR) is 171 cm³/mol. The van der Waals surface area contributed by atoms with Gasteiger partial charge in [0.25, 0.3) is 23.6 Å². The summed E-state index contributed by atoms with van der Waals surface area (Å²) >= 11 is 0. The number of carboxylic acid groups (broad SMARTS) is 1. The summed E-state index contributed by atoms with van der Waals surface area (Å²) in [5.41, 5.74) is 0.858. The normalized spacial score (nSPS) is 20.1. The molecule has 0 fully saturated rings. The first-order valence-corrected chi connectivity index (χ1v) is 15.3. The molecule has 48 heavy (non-hydrogen) atoms. The molecule has 2 N–H and O–H groups in total. The van der Waals surface area contributed by atoms with Crippen molar-refractivity contribution in [3.8, 4) is 18.1 Å². The van der Waals surface area contributed by atoms with Crippen LogP contribution in [0.3, 0.4) is 0 Å². The Kier molecular flexibility index (Phi) is 9.45. The highest BCUT2D eigenvalue weighted by Crippen LogP contribution is 2.41. The zero-order valence-electron chi connectivity index (χ0n) is 26.9. The Morgan fingerprint density at radius 2 is 1.81 bits per heavy atom. The highest BCUT2D eigenvalue weighted by molar-refractivity contribution is 6.33. The number of fused-ring (bicyclic) bond motifs is 1. The third kappa shape index (κ3) is 6.04. The van der Waals surface area contributed by atoms with Gasteiger partial charge in [-0.15, -0.1) is 6.42 Å². The Labute approximate surface area is 275 Å². The molecular weight excluding hydrogens is 625 g/mol. The van der Waals surface area contributed by atoms with Crippen LogP contribution in [0.25, 0.3) is 0 Å². The molecule has 250 valence electrons. The number of amidine groups is 1. The Morgan fingerprint density at radius 1 is 1.15 bits per heavy atom. The molecule has 0 saturated heterocycles. The number of ether oxygens (including phenoxy) is 2. The first-order chi connectivity index (χ1) is 22.8. The summed E-state index contributed by atoms with van der Waals surface area (Å²) in [7, 11) is 1.52. The summed E-state index contributed by atoms with van der Waals surface area (Å²) in [5.74, 6) is -0.802. The van der Waals surface area contributed by atoms with E-state index in [0.29, 0.717) is 29.6 Å². The van der Waals surface area contributed by atoms with E-state index in [4.69, 9.17) is 15.9 Å². The molecule has 4 aliphatic rings. The molecular formula is C34H34FN5O8. The minimum absolute atomic E-state index is 0.0124. The van der Waals surface area contributed by atoms with Crippen molar-refractivity contribution >= 4 is 46.8 Å². The molecule has 13 nitrogen and oxygen atoms in total. The summed E-state index contributed by atoms with van der Waals surface area (Å²) in [6.45, 7) is 5.50. The van der Waals surface area contributed by atoms with Crippen LogP contribution in [0.1, 0.15) is 68.1 Å². The predicted octanol–water partition coefficient (Wildman–Crippen LogP) is 3.15. The molecule has 4 heterocycles. The number of rotatable bonds is 7. The number of aromatic carboxylic acids is 1. The standard InChI is InChI=1S/C19H15FN2O4.C15H19N3O4/c1-2-7-21-15-9-14(13(20)8-16(15)26-10-17(21)23)22-18(24)11-5-3-4-6-12(11)19(22)25;1-8(2)15(3)14(21)17-12(18-15)11-10(13(19)20)5-9(6-16-11)7-22-4/h1,8-9H,3-7,10H2;5-6,8H,7H2,1-4H3,(H,19,20)(H,17,18,21). The first-order valence-electron chi connectivity index (χ1n) is 15.3. The smallest absolute Gasteiger partial charge is 0.338 e. The highest BCUT2D eigenvalue weighted by atomic mass is 19.1. The van der Waals surface area contributed by atoms with E-state index in [1.165, 1.54) is 30.3 Å². The maximum atomic E-state index is 14.7. The van der Waals surface area contributed by atoms with Gasteiger partial charge in [-0.05, 0) is 56.2 Å². The highest BCUT2D eigenvalue weighted by Gasteiger charge is 2.44. The largest absolute Gasteiger partial charge is 0.481 e. The molecule has 0 bridgehead atoms. The van der Waals surface area contributed by atoms with E-state index in [-0.39, 0.29) is 71.7 Å². The van der Waals surface area contributed by atoms with Crippen molar-refractivity contribution in [2.75, 3.05) is 30.1 Å². The monoisotopic (exact) mass is 659 g/mol. The van der Waals surface area contributed by atoms with E-state index in [1.807, 2.05) is 13.8 Å². The maximum Gasteiger partial charge on any atom is 0.338 e. The maximum absolute atomic E-state index is 14.7. The van der Waals surface area contributed by atoms with Gasteiger partial charge in [-0.2, -0.15) is 0 Å². The number of anilines is 2. The van der Waals surface area contributed by atoms with Gasteiger partial charge in [0, 0.05) is 30.5 Å². The lowest BCUT2D eigenvalue weighted by atomic mass is 9.89. The van der Waals surface area contributed by atoms with E-state index < -0.39 is 29.1 Å². The molecule has 1 aromatic carbocycles. The van der Waals surface area contributed by atoms with Crippen molar-refractivity contribution in [1.82, 2.24) is 10.3 Å². The number of methoxy groups -OCH3 is 1. The van der Waals surface area contributed by atoms with Crippen molar-refractivity contribution in [2.24, 2.45) is 10.9 Å². The molecule has 0 spiro atoms. The van der Waals surface area contributed by atoms with Gasteiger partial charge in [-0.1, -0.05) is 19.8 Å². The van der Waals surface area contributed by atoms with E-state index in [9.17, 15) is 33.5 Å². The molecule has 6 rings (SSSR count). The van der Waals surface area contributed by atoms with Gasteiger partial charge in [0.1, 0.15) is 17.0 Å². The minimum atomic E-state index is -1.13. The van der Waals surface area contributed by atoms with Crippen molar-refractivity contribution in [3.05, 3.63) is 58.2 Å². The number of hydrogen-bond donors (Lipinski definition) is 2. The number of imide groups is 1. The Hall–Kier alpha value is -5.42. The molecule has 0 radical (unpaired) electrons. The number of aromatic nitrogens is 1. The van der Waals surface area contributed by atoms with Crippen molar-refractivity contribution in [2.45, 2.75) is 58.6 Å². The number of nitrogens with zero attached hydrogens (tertiary/aromatic N) is 4. The fourth-order valence-corrected chi connectivity index (χ4v) is 5.76. The van der Waals surface area contributed by atoms with Crippen LogP contribution < -0.4 is 19.9 Å². The average molecular weight is 660 g/mol. The molecule has 1 atom stereocenters. The topological polar surface area (TPSA) is 168 Å². The zero-order valence-corrected chi connectivity index (χ0v) is 26.9. The lowest BCUT2D eigenvalue weighted by Crippen LogP contribution is -2.41. The number of carboxylic acids is 1. The second-order valence-electron chi connectivity index (χ2n) is 12.0. The molecule has 2 aromatic rings. The summed E-state index contributed by atoms with van der Waals surface area (Å²) < 4.78 is 24.9. The Balaban J connectivity index is 0.000000191. The van der Waals surface area contributed by atoms with Crippen LogP contribution in [-0.2, 0) is 30.5 Å². The number of carbonyl (C=O) groups is 5. The second kappa shape index (κ2) is 13.4. The van der Waals surface area contributed by atoms with Gasteiger partial charge >= 0.3 is 5.97 Å². The van der Waals surface area contributed by atoms with Crippen LogP contribution in [-0.4, -0.2) is 71.3 Å². The number of nitrogens with one attached hydrogen (secondary N) is 1. The third-order valence-corrected chi connectivity index (χ3v) is 8.72. The van der Waals surface area contributed by atoms with Crippen LogP contribution in [0, 0.1) is 24.1 Å². The molecule has 1 aliphatic carbocycles. The van der Waals surface area contributed by atoms with Crippen LogP contribution in [0.2, 0.25) is 0 Å². The molecule has 0 saturated carbocycles. The minimum Gasteiger partial charge on any atom is -0.481 e. The number of pyridine rings is 1. The summed E-state index contributed by atoms with van der Waals surface area (Å²) in [4.78, 5) is 71.7. The van der Waals surface area contributed by atoms with E-state index in [1.54, 1.807) is 6.92 Å². The van der Waals surface area contributed by atoms with Gasteiger partial charge < -0.3 is 19.9 Å². The van der Waals surface area contributed by atoms with Crippen LogP contribution in [0.15, 0.2) is 40.5 Å². The average Bonchev–Trinajstić information content (AvgIpc) is 3.51. The number of hydrogen-bond acceptors (Lipinski definition) is 9. The van der Waals surface area contributed by atoms with Crippen molar-refractivity contribution in [3.63, 3.8) is 0 Å². The number of halogens is 1. The number of terminal acetylenes is 1. The second-order valence-corrected chi connectivity index (χ2v) is 12.0. The summed E-state index contributed by atoms with van der Waals surface area (Å²) in [6, 6.07) is 3.85. The van der Waals surface area contributed by atoms with Crippen LogP contribution in [0.4, 0.5) is 15.8 Å². The molecule has 3 aliphatic heterocycles. The van der Waals surface area contributed by atoms with Crippen LogP contribution >= 0.6 is 0 Å². The van der Waals surface area contributed by atoms with Crippen molar-refractivity contribution in [1.29, 1.82) is 0 Å². The number of carbonyl (C=O) groups excluding carboxylic acids is 4. The molecule has 1 aromatic heterocycles. The quantitative estimate of drug-likeness (QED) is 0.335. The first kappa shape index (κ1) is 33.9. The fraction of sp³-hybridized carbons (Fsp3) is 0.382. The van der Waals surface area contributed by atoms with E-state index in [2.05, 4.69) is 21.2 Å². The number of aliphatic imine (C=N–C) groups is 1. The number of benzene rings is 1. The van der Waals surface area contributed by atoms with Gasteiger partial charge in [0.15, 0.2) is 18.3 Å². The summed E-state index contributed by atoms with van der Waals surface area (Å²) in [6.07, 6.45) is 9.53. The lowest BCUT2D eigenvalue weighted by molar-refractivity contribution is -0.124. The summed E-state index contributed by atoms with van der Waals surface area (Å²) in [5, 5.41) is 12.0. The van der Waals surface area contributed by atoms with Gasteiger partial charge in [-0.25, -0.2) is 19.1 Å². The third-order valence-electron chi connectivity index (χ3n) is 8.72. The van der Waals surface area contributed by atoms with Crippen LogP contribution in [0.5, 0.6) is 5.75 Å².